The molecule has 126 valence electrons. The van der Waals surface area contributed by atoms with Gasteiger partial charge < -0.3 is 0 Å². The van der Waals surface area contributed by atoms with E-state index in [-0.39, 0.29) is 11.6 Å². The zero-order valence-electron chi connectivity index (χ0n) is 15.0. The maximum absolute atomic E-state index is 11.5. The number of hydrogen-bond donors (Lipinski definition) is 0. The van der Waals surface area contributed by atoms with Crippen LogP contribution in [0.5, 0.6) is 0 Å². The van der Waals surface area contributed by atoms with E-state index in [4.69, 9.17) is 0 Å². The number of carbonyl (C=O) groups excluding carboxylic acids is 2. The molecule has 0 aliphatic heterocycles. The van der Waals surface area contributed by atoms with Crippen LogP contribution in [-0.2, 0) is 0 Å². The Bertz CT molecular complexity index is 632. The van der Waals surface area contributed by atoms with Crippen molar-refractivity contribution in [1.82, 2.24) is 0 Å². The predicted molar refractivity (Wildman–Crippen MR) is 99.0 cm³/mol. The number of ketones is 2. The molecule has 2 atom stereocenters. The van der Waals surface area contributed by atoms with E-state index in [1.54, 1.807) is 13.8 Å². The molecule has 2 rings (SSSR count). The maximum Gasteiger partial charge on any atom is 0.159 e. The van der Waals surface area contributed by atoms with E-state index in [1.165, 1.54) is 11.1 Å². The van der Waals surface area contributed by atoms with Crippen molar-refractivity contribution >= 4 is 11.6 Å². The highest BCUT2D eigenvalue weighted by Gasteiger charge is 2.22. The minimum absolute atomic E-state index is 0.0986. The minimum Gasteiger partial charge on any atom is -0.295 e. The Kier molecular flexibility index (Phi) is 6.08. The quantitative estimate of drug-likeness (QED) is 0.606. The highest BCUT2D eigenvalue weighted by molar-refractivity contribution is 5.94. The number of carbonyl (C=O) groups is 2. The molecule has 0 saturated heterocycles. The third-order valence-electron chi connectivity index (χ3n) is 4.86. The standard InChI is InChI=1S/C22H26O2/c1-5-21(19-11-7-17(8-12-19)15(3)23)22(6-2)20-13-9-18(10-14-20)16(4)24/h7-14,21-22H,5-6H2,1-4H3/t21-,22-/m0/s1. The van der Waals surface area contributed by atoms with Crippen molar-refractivity contribution < 1.29 is 9.59 Å². The van der Waals surface area contributed by atoms with E-state index in [0.29, 0.717) is 11.8 Å². The first kappa shape index (κ1) is 18.1. The Hall–Kier alpha value is -2.22. The van der Waals surface area contributed by atoms with Crippen LogP contribution in [0.25, 0.3) is 0 Å². The lowest BCUT2D eigenvalue weighted by molar-refractivity contribution is 0.100. The normalized spacial score (nSPS) is 13.3. The molecule has 0 unspecified atom stereocenters. The first-order valence-electron chi connectivity index (χ1n) is 8.69. The second-order valence-corrected chi connectivity index (χ2v) is 6.39. The van der Waals surface area contributed by atoms with Crippen molar-refractivity contribution in [3.63, 3.8) is 0 Å². The SMILES string of the molecule is CC[C@@H](c1ccc(C(C)=O)cc1)[C@@H](CC)c1ccc(C(C)=O)cc1. The van der Waals surface area contributed by atoms with Gasteiger partial charge in [-0.05, 0) is 49.7 Å². The van der Waals surface area contributed by atoms with E-state index in [0.717, 1.165) is 24.0 Å². The average Bonchev–Trinajstić information content (AvgIpc) is 2.59. The van der Waals surface area contributed by atoms with Crippen LogP contribution >= 0.6 is 0 Å². The topological polar surface area (TPSA) is 34.1 Å². The van der Waals surface area contributed by atoms with Crippen molar-refractivity contribution in [2.24, 2.45) is 0 Å². The average molecular weight is 322 g/mol. The van der Waals surface area contributed by atoms with Crippen molar-refractivity contribution in [3.05, 3.63) is 70.8 Å². The lowest BCUT2D eigenvalue weighted by Crippen LogP contribution is -2.11. The number of hydrogen-bond acceptors (Lipinski definition) is 2. The van der Waals surface area contributed by atoms with Gasteiger partial charge in [0, 0.05) is 11.1 Å². The molecular weight excluding hydrogens is 296 g/mol. The summed E-state index contributed by atoms with van der Waals surface area (Å²) in [4.78, 5) is 22.9. The van der Waals surface area contributed by atoms with Gasteiger partial charge in [0.25, 0.3) is 0 Å². The van der Waals surface area contributed by atoms with Gasteiger partial charge in [0.15, 0.2) is 11.6 Å². The molecule has 0 aliphatic carbocycles. The Morgan fingerprint density at radius 2 is 0.958 bits per heavy atom. The largest absolute Gasteiger partial charge is 0.295 e. The minimum atomic E-state index is 0.0986. The first-order valence-corrected chi connectivity index (χ1v) is 8.69. The van der Waals surface area contributed by atoms with Crippen LogP contribution in [0.1, 0.15) is 84.2 Å². The number of Topliss-reactive ketones (excluding diaryl/α,β-unsaturated/α-hetero) is 2. The summed E-state index contributed by atoms with van der Waals surface area (Å²) >= 11 is 0. The molecule has 0 N–H and O–H groups in total. The molecule has 0 aromatic heterocycles. The van der Waals surface area contributed by atoms with Crippen molar-refractivity contribution in [2.45, 2.75) is 52.4 Å². The molecule has 0 heterocycles. The van der Waals surface area contributed by atoms with Gasteiger partial charge >= 0.3 is 0 Å². The molecule has 0 amide bonds. The van der Waals surface area contributed by atoms with Crippen LogP contribution in [0.15, 0.2) is 48.5 Å². The van der Waals surface area contributed by atoms with Gasteiger partial charge in [0.2, 0.25) is 0 Å². The van der Waals surface area contributed by atoms with Gasteiger partial charge in [-0.3, -0.25) is 9.59 Å². The molecule has 24 heavy (non-hydrogen) atoms. The van der Waals surface area contributed by atoms with Crippen LogP contribution in [0.4, 0.5) is 0 Å². The molecular formula is C22H26O2. The van der Waals surface area contributed by atoms with E-state index in [1.807, 2.05) is 24.3 Å². The van der Waals surface area contributed by atoms with Crippen LogP contribution in [0.2, 0.25) is 0 Å². The molecule has 2 aromatic carbocycles. The summed E-state index contributed by atoms with van der Waals surface area (Å²) in [6.45, 7) is 7.60. The zero-order valence-corrected chi connectivity index (χ0v) is 15.0. The van der Waals surface area contributed by atoms with Gasteiger partial charge in [-0.15, -0.1) is 0 Å². The summed E-state index contributed by atoms with van der Waals surface area (Å²) in [7, 11) is 0. The first-order chi connectivity index (χ1) is 11.5. The smallest absolute Gasteiger partial charge is 0.159 e. The van der Waals surface area contributed by atoms with Crippen LogP contribution in [-0.4, -0.2) is 11.6 Å². The van der Waals surface area contributed by atoms with E-state index in [2.05, 4.69) is 38.1 Å². The Morgan fingerprint density at radius 1 is 0.667 bits per heavy atom. The molecule has 2 heteroatoms. The molecule has 2 aromatic rings. The molecule has 0 radical (unpaired) electrons. The number of rotatable bonds is 7. The number of benzene rings is 2. The lowest BCUT2D eigenvalue weighted by atomic mass is 9.78. The highest BCUT2D eigenvalue weighted by atomic mass is 16.1. The summed E-state index contributed by atoms with van der Waals surface area (Å²) < 4.78 is 0. The van der Waals surface area contributed by atoms with Gasteiger partial charge in [-0.2, -0.15) is 0 Å². The van der Waals surface area contributed by atoms with E-state index < -0.39 is 0 Å². The summed E-state index contributed by atoms with van der Waals surface area (Å²) in [5, 5.41) is 0. The monoisotopic (exact) mass is 322 g/mol. The summed E-state index contributed by atoms with van der Waals surface area (Å²) in [5.41, 5.74) is 4.05. The van der Waals surface area contributed by atoms with Gasteiger partial charge in [0.1, 0.15) is 0 Å². The molecule has 0 saturated carbocycles. The van der Waals surface area contributed by atoms with Crippen molar-refractivity contribution in [3.8, 4) is 0 Å². The Morgan fingerprint density at radius 3 is 1.17 bits per heavy atom. The third kappa shape index (κ3) is 4.00. The van der Waals surface area contributed by atoms with E-state index >= 15 is 0 Å². The van der Waals surface area contributed by atoms with Gasteiger partial charge in [-0.25, -0.2) is 0 Å². The molecule has 0 bridgehead atoms. The van der Waals surface area contributed by atoms with Gasteiger partial charge in [-0.1, -0.05) is 62.4 Å². The second kappa shape index (κ2) is 8.05. The fourth-order valence-electron chi connectivity index (χ4n) is 3.44. The second-order valence-electron chi connectivity index (χ2n) is 6.39. The Balaban J connectivity index is 2.31. The van der Waals surface area contributed by atoms with Crippen LogP contribution in [0, 0.1) is 0 Å². The lowest BCUT2D eigenvalue weighted by Gasteiger charge is -2.26. The Labute approximate surface area is 144 Å². The predicted octanol–water partition coefficient (Wildman–Crippen LogP) is 5.78. The summed E-state index contributed by atoms with van der Waals surface area (Å²) in [6, 6.07) is 16.0. The molecule has 2 nitrogen and oxygen atoms in total. The fourth-order valence-corrected chi connectivity index (χ4v) is 3.44. The molecule has 0 spiro atoms. The van der Waals surface area contributed by atoms with Crippen molar-refractivity contribution in [1.29, 1.82) is 0 Å². The van der Waals surface area contributed by atoms with Crippen LogP contribution in [0.3, 0.4) is 0 Å². The maximum atomic E-state index is 11.5. The van der Waals surface area contributed by atoms with Crippen molar-refractivity contribution in [2.75, 3.05) is 0 Å². The van der Waals surface area contributed by atoms with Crippen LogP contribution < -0.4 is 0 Å². The summed E-state index contributed by atoms with van der Waals surface area (Å²) in [6.07, 6.45) is 2.07. The zero-order chi connectivity index (χ0) is 17.7. The fraction of sp³-hybridized carbons (Fsp3) is 0.364. The van der Waals surface area contributed by atoms with E-state index in [9.17, 15) is 9.59 Å². The molecule has 0 fully saturated rings. The highest BCUT2D eigenvalue weighted by Crippen LogP contribution is 2.38. The summed E-state index contributed by atoms with van der Waals surface area (Å²) in [5.74, 6) is 1.00. The third-order valence-corrected chi connectivity index (χ3v) is 4.86. The molecule has 0 aliphatic rings. The van der Waals surface area contributed by atoms with Gasteiger partial charge in [0.05, 0.1) is 0 Å².